The first kappa shape index (κ1) is 13.3. The third-order valence-corrected chi connectivity index (χ3v) is 4.50. The quantitative estimate of drug-likeness (QED) is 0.503. The summed E-state index contributed by atoms with van der Waals surface area (Å²) in [6.45, 7) is 0. The molecular weight excluding hydrogens is 340 g/mol. The normalized spacial score (nSPS) is 11.4. The minimum Gasteiger partial charge on any atom is -0.302 e. The van der Waals surface area contributed by atoms with Gasteiger partial charge in [0, 0.05) is 23.3 Å². The Kier molecular flexibility index (Phi) is 2.94. The molecule has 0 unspecified atom stereocenters. The highest BCUT2D eigenvalue weighted by atomic mass is 79.9. The Morgan fingerprint density at radius 3 is 2.50 bits per heavy atom. The van der Waals surface area contributed by atoms with E-state index in [0.29, 0.717) is 5.39 Å². The monoisotopic (exact) mass is 352 g/mol. The first-order valence-corrected chi connectivity index (χ1v) is 7.80. The molecule has 0 spiro atoms. The molecule has 4 rings (SSSR count). The summed E-state index contributed by atoms with van der Waals surface area (Å²) in [6, 6.07) is 18.0. The highest BCUT2D eigenvalue weighted by Crippen LogP contribution is 2.25. The minimum absolute atomic E-state index is 0.0210. The molecule has 0 fully saturated rings. The smallest absolute Gasteiger partial charge is 0.261 e. The van der Waals surface area contributed by atoms with E-state index in [-0.39, 0.29) is 5.56 Å². The van der Waals surface area contributed by atoms with Crippen LogP contribution in [-0.2, 0) is 7.05 Å². The predicted octanol–water partition coefficient (Wildman–Crippen LogP) is 4.22. The molecule has 0 radical (unpaired) electrons. The van der Waals surface area contributed by atoms with Crippen LogP contribution in [0.25, 0.3) is 27.7 Å². The highest BCUT2D eigenvalue weighted by Gasteiger charge is 2.11. The van der Waals surface area contributed by atoms with Crippen molar-refractivity contribution >= 4 is 32.5 Å². The van der Waals surface area contributed by atoms with Crippen molar-refractivity contribution in [3.8, 4) is 11.1 Å². The molecule has 0 atom stereocenters. The maximum atomic E-state index is 12.5. The van der Waals surface area contributed by atoms with Crippen molar-refractivity contribution in [2.75, 3.05) is 0 Å². The van der Waals surface area contributed by atoms with Gasteiger partial charge >= 0.3 is 0 Å². The van der Waals surface area contributed by atoms with Crippen LogP contribution in [0.4, 0.5) is 0 Å². The third-order valence-electron chi connectivity index (χ3n) is 4.00. The van der Waals surface area contributed by atoms with E-state index in [9.17, 15) is 4.79 Å². The molecule has 0 bridgehead atoms. The maximum absolute atomic E-state index is 12.5. The Bertz CT molecular complexity index is 1060. The third kappa shape index (κ3) is 1.91. The van der Waals surface area contributed by atoms with Gasteiger partial charge in [0.15, 0.2) is 0 Å². The van der Waals surface area contributed by atoms with Crippen molar-refractivity contribution in [3.63, 3.8) is 0 Å². The Morgan fingerprint density at radius 1 is 0.955 bits per heavy atom. The molecule has 0 saturated carbocycles. The lowest BCUT2D eigenvalue weighted by Gasteiger charge is -2.07. The lowest BCUT2D eigenvalue weighted by atomic mass is 10.1. The molecule has 4 heteroatoms. The van der Waals surface area contributed by atoms with Gasteiger partial charge in [0.05, 0.1) is 10.9 Å². The number of fused-ring (bicyclic) bond motifs is 3. The molecule has 0 saturated heterocycles. The molecule has 0 N–H and O–H groups in total. The van der Waals surface area contributed by atoms with Gasteiger partial charge in [-0.3, -0.25) is 9.36 Å². The SMILES string of the molecule is Cn1c(=O)c2ccc(Br)cc2n2cc(-c3ccccc3)cc12. The van der Waals surface area contributed by atoms with Crippen LogP contribution in [0, 0.1) is 0 Å². The number of halogens is 1. The molecule has 3 nitrogen and oxygen atoms in total. The summed E-state index contributed by atoms with van der Waals surface area (Å²) in [5.74, 6) is 0. The zero-order valence-electron chi connectivity index (χ0n) is 12.0. The van der Waals surface area contributed by atoms with E-state index >= 15 is 0 Å². The van der Waals surface area contributed by atoms with Crippen LogP contribution in [0.15, 0.2) is 70.1 Å². The van der Waals surface area contributed by atoms with Crippen LogP contribution in [0.2, 0.25) is 0 Å². The number of hydrogen-bond acceptors (Lipinski definition) is 1. The minimum atomic E-state index is 0.0210. The van der Waals surface area contributed by atoms with Crippen LogP contribution in [0.3, 0.4) is 0 Å². The molecule has 0 amide bonds. The van der Waals surface area contributed by atoms with Crippen molar-refractivity contribution in [2.24, 2.45) is 7.05 Å². The van der Waals surface area contributed by atoms with Gasteiger partial charge in [0.25, 0.3) is 5.56 Å². The van der Waals surface area contributed by atoms with Gasteiger partial charge in [-0.2, -0.15) is 0 Å². The van der Waals surface area contributed by atoms with Crippen molar-refractivity contribution in [1.82, 2.24) is 8.97 Å². The first-order chi connectivity index (χ1) is 10.6. The van der Waals surface area contributed by atoms with Crippen LogP contribution in [0.1, 0.15) is 0 Å². The van der Waals surface area contributed by atoms with Gasteiger partial charge in [-0.05, 0) is 29.8 Å². The molecule has 2 aromatic heterocycles. The zero-order valence-corrected chi connectivity index (χ0v) is 13.5. The van der Waals surface area contributed by atoms with Gasteiger partial charge < -0.3 is 4.40 Å². The lowest BCUT2D eigenvalue weighted by molar-refractivity contribution is 0.881. The van der Waals surface area contributed by atoms with Crippen LogP contribution < -0.4 is 5.56 Å². The van der Waals surface area contributed by atoms with Gasteiger partial charge in [0.1, 0.15) is 5.65 Å². The van der Waals surface area contributed by atoms with E-state index < -0.39 is 0 Å². The molecule has 4 aromatic rings. The second-order valence-electron chi connectivity index (χ2n) is 5.35. The first-order valence-electron chi connectivity index (χ1n) is 7.01. The number of hydrogen-bond donors (Lipinski definition) is 0. The summed E-state index contributed by atoms with van der Waals surface area (Å²) in [7, 11) is 1.81. The number of aromatic nitrogens is 2. The highest BCUT2D eigenvalue weighted by molar-refractivity contribution is 9.10. The summed E-state index contributed by atoms with van der Waals surface area (Å²) < 4.78 is 4.73. The van der Waals surface area contributed by atoms with Crippen molar-refractivity contribution in [3.05, 3.63) is 75.6 Å². The number of rotatable bonds is 1. The second kappa shape index (κ2) is 4.85. The van der Waals surface area contributed by atoms with Gasteiger partial charge in [-0.25, -0.2) is 0 Å². The number of nitrogens with zero attached hydrogens (tertiary/aromatic N) is 2. The van der Waals surface area contributed by atoms with Crippen molar-refractivity contribution < 1.29 is 0 Å². The average molecular weight is 353 g/mol. The second-order valence-corrected chi connectivity index (χ2v) is 6.26. The Balaban J connectivity index is 2.15. The van der Waals surface area contributed by atoms with Gasteiger partial charge in [0.2, 0.25) is 0 Å². The van der Waals surface area contributed by atoms with Crippen LogP contribution in [-0.4, -0.2) is 8.97 Å². The van der Waals surface area contributed by atoms with E-state index in [4.69, 9.17) is 0 Å². The van der Waals surface area contributed by atoms with E-state index in [2.05, 4.69) is 44.7 Å². The molecule has 0 aliphatic heterocycles. The van der Waals surface area contributed by atoms with Crippen molar-refractivity contribution in [1.29, 1.82) is 0 Å². The number of benzene rings is 2. The van der Waals surface area contributed by atoms with E-state index in [1.807, 2.05) is 43.4 Å². The average Bonchev–Trinajstić information content (AvgIpc) is 2.99. The van der Waals surface area contributed by atoms with Crippen molar-refractivity contribution in [2.45, 2.75) is 0 Å². The van der Waals surface area contributed by atoms with E-state index in [1.165, 1.54) is 0 Å². The maximum Gasteiger partial charge on any atom is 0.261 e. The van der Waals surface area contributed by atoms with Crippen LogP contribution in [0.5, 0.6) is 0 Å². The summed E-state index contributed by atoms with van der Waals surface area (Å²) >= 11 is 3.49. The largest absolute Gasteiger partial charge is 0.302 e. The summed E-state index contributed by atoms with van der Waals surface area (Å²) in [6.07, 6.45) is 2.08. The van der Waals surface area contributed by atoms with Crippen LogP contribution >= 0.6 is 15.9 Å². The number of aryl methyl sites for hydroxylation is 1. The molecule has 108 valence electrons. The Hall–Kier alpha value is -2.33. The van der Waals surface area contributed by atoms with Gasteiger partial charge in [-0.1, -0.05) is 46.3 Å². The molecular formula is C18H13BrN2O. The summed E-state index contributed by atoms with van der Waals surface area (Å²) in [4.78, 5) is 12.5. The Labute approximate surface area is 135 Å². The lowest BCUT2D eigenvalue weighted by Crippen LogP contribution is -2.19. The molecule has 22 heavy (non-hydrogen) atoms. The van der Waals surface area contributed by atoms with E-state index in [0.717, 1.165) is 26.8 Å². The van der Waals surface area contributed by atoms with Gasteiger partial charge in [-0.15, -0.1) is 0 Å². The topological polar surface area (TPSA) is 26.4 Å². The standard InChI is InChI=1S/C18H13BrN2O/c1-20-17-9-13(12-5-3-2-4-6-12)11-21(17)16-10-14(19)7-8-15(16)18(20)22/h2-11H,1H3. The molecule has 0 aliphatic rings. The molecule has 2 heterocycles. The summed E-state index contributed by atoms with van der Waals surface area (Å²) in [5, 5.41) is 0.716. The molecule has 0 aliphatic carbocycles. The zero-order chi connectivity index (χ0) is 15.3. The fraction of sp³-hybridized carbons (Fsp3) is 0.0556. The van der Waals surface area contributed by atoms with E-state index in [1.54, 1.807) is 4.57 Å². The fourth-order valence-corrected chi connectivity index (χ4v) is 3.21. The Morgan fingerprint density at radius 2 is 1.73 bits per heavy atom. The summed E-state index contributed by atoms with van der Waals surface area (Å²) in [5.41, 5.74) is 4.06. The predicted molar refractivity (Wildman–Crippen MR) is 93.3 cm³/mol. The molecule has 2 aromatic carbocycles. The fourth-order valence-electron chi connectivity index (χ4n) is 2.86.